The van der Waals surface area contributed by atoms with Crippen molar-refractivity contribution < 1.29 is 0 Å². The van der Waals surface area contributed by atoms with Gasteiger partial charge in [0.15, 0.2) is 0 Å². The largest absolute Gasteiger partial charge is 0.0796 e. The van der Waals surface area contributed by atoms with Crippen molar-refractivity contribution in [3.8, 4) is 0 Å². The number of hydrogen-bond donors (Lipinski definition) is 0. The maximum Gasteiger partial charge on any atom is 0.0178 e. The van der Waals surface area contributed by atoms with E-state index in [1.807, 2.05) is 0 Å². The highest BCUT2D eigenvalue weighted by Gasteiger charge is 2.64. The molecule has 0 aliphatic heterocycles. The third-order valence-electron chi connectivity index (χ3n) is 8.02. The van der Waals surface area contributed by atoms with E-state index in [9.17, 15) is 0 Å². The van der Waals surface area contributed by atoms with Gasteiger partial charge in [-0.25, -0.2) is 0 Å². The van der Waals surface area contributed by atoms with Gasteiger partial charge >= 0.3 is 0 Å². The standard InChI is InChI=1S/C22H23Br/c23-17-5-6-19-18-3-1-2-4-20(18)22(21(19)12-17)15-8-13-7-14(10-15)11-16(22)9-13/h1-6,12-16,18,20H,7-11H2. The minimum atomic E-state index is 0.443. The Balaban J connectivity index is 1.62. The average molecular weight is 367 g/mol. The molecule has 0 amide bonds. The molecule has 1 spiro atoms. The lowest BCUT2D eigenvalue weighted by Gasteiger charge is -2.62. The van der Waals surface area contributed by atoms with Gasteiger partial charge in [0, 0.05) is 15.8 Å². The Morgan fingerprint density at radius 3 is 2.30 bits per heavy atom. The normalized spacial score (nSPS) is 48.0. The summed E-state index contributed by atoms with van der Waals surface area (Å²) >= 11 is 3.78. The zero-order valence-electron chi connectivity index (χ0n) is 13.4. The molecule has 6 aliphatic rings. The van der Waals surface area contributed by atoms with E-state index in [0.717, 1.165) is 23.7 Å². The zero-order valence-corrected chi connectivity index (χ0v) is 15.0. The summed E-state index contributed by atoms with van der Waals surface area (Å²) in [5.74, 6) is 5.28. The molecule has 4 fully saturated rings. The predicted octanol–water partition coefficient (Wildman–Crippen LogP) is 5.98. The Labute approximate surface area is 147 Å². The first kappa shape index (κ1) is 13.5. The van der Waals surface area contributed by atoms with Crippen LogP contribution in [0, 0.1) is 29.6 Å². The number of fused-ring (bicyclic) bond motifs is 3. The second-order valence-electron chi connectivity index (χ2n) is 8.79. The van der Waals surface area contributed by atoms with E-state index < -0.39 is 0 Å². The van der Waals surface area contributed by atoms with Crippen LogP contribution in [0.5, 0.6) is 0 Å². The van der Waals surface area contributed by atoms with Crippen LogP contribution in [-0.4, -0.2) is 0 Å². The predicted molar refractivity (Wildman–Crippen MR) is 97.4 cm³/mol. The van der Waals surface area contributed by atoms with Crippen LogP contribution in [-0.2, 0) is 5.41 Å². The molecule has 0 heterocycles. The summed E-state index contributed by atoms with van der Waals surface area (Å²) in [6.07, 6.45) is 17.2. The SMILES string of the molecule is Brc1ccc2c(c1)C1(C3CC4CC(C3)CC1C4)C1C=CC=CC21. The molecule has 6 aliphatic carbocycles. The lowest BCUT2D eigenvalue weighted by molar-refractivity contribution is -0.0762. The molecule has 0 aromatic heterocycles. The summed E-state index contributed by atoms with van der Waals surface area (Å²) in [5.41, 5.74) is 3.79. The molecule has 0 N–H and O–H groups in total. The number of allylic oxidation sites excluding steroid dienone is 4. The lowest BCUT2D eigenvalue weighted by atomic mass is 9.41. The van der Waals surface area contributed by atoms with E-state index in [0.29, 0.717) is 17.3 Å². The number of halogens is 1. The van der Waals surface area contributed by atoms with Gasteiger partial charge in [0.1, 0.15) is 0 Å². The number of hydrogen-bond acceptors (Lipinski definition) is 0. The second kappa shape index (κ2) is 4.42. The molecule has 2 unspecified atom stereocenters. The molecule has 1 aromatic rings. The maximum atomic E-state index is 3.78. The van der Waals surface area contributed by atoms with Gasteiger partial charge in [-0.15, -0.1) is 0 Å². The second-order valence-corrected chi connectivity index (χ2v) is 9.71. The fourth-order valence-corrected chi connectivity index (χ4v) is 8.04. The van der Waals surface area contributed by atoms with Crippen molar-refractivity contribution in [2.45, 2.75) is 43.4 Å². The highest BCUT2D eigenvalue weighted by atomic mass is 79.9. The highest BCUT2D eigenvalue weighted by Crippen LogP contribution is 2.71. The minimum Gasteiger partial charge on any atom is -0.0796 e. The Kier molecular flexibility index (Phi) is 2.59. The molecule has 1 heteroatoms. The van der Waals surface area contributed by atoms with Gasteiger partial charge in [0.25, 0.3) is 0 Å². The van der Waals surface area contributed by atoms with Crippen LogP contribution in [0.3, 0.4) is 0 Å². The molecule has 2 atom stereocenters. The van der Waals surface area contributed by atoms with E-state index >= 15 is 0 Å². The number of rotatable bonds is 0. The van der Waals surface area contributed by atoms with Gasteiger partial charge in [-0.05, 0) is 85.0 Å². The molecule has 4 bridgehead atoms. The monoisotopic (exact) mass is 366 g/mol. The first-order valence-corrected chi connectivity index (χ1v) is 10.2. The molecule has 7 rings (SSSR count). The third-order valence-corrected chi connectivity index (χ3v) is 8.51. The van der Waals surface area contributed by atoms with Gasteiger partial charge in [0.05, 0.1) is 0 Å². The Morgan fingerprint density at radius 1 is 0.870 bits per heavy atom. The quantitative estimate of drug-likeness (QED) is 0.529. The fourth-order valence-electron chi connectivity index (χ4n) is 7.68. The highest BCUT2D eigenvalue weighted by molar-refractivity contribution is 9.10. The Bertz CT molecular complexity index is 712. The summed E-state index contributed by atoms with van der Waals surface area (Å²) in [4.78, 5) is 0. The van der Waals surface area contributed by atoms with Crippen molar-refractivity contribution in [3.63, 3.8) is 0 Å². The van der Waals surface area contributed by atoms with Gasteiger partial charge in [0.2, 0.25) is 0 Å². The van der Waals surface area contributed by atoms with E-state index in [4.69, 9.17) is 0 Å². The first-order chi connectivity index (χ1) is 11.3. The van der Waals surface area contributed by atoms with Crippen LogP contribution in [0.1, 0.15) is 49.1 Å². The van der Waals surface area contributed by atoms with Crippen molar-refractivity contribution in [2.75, 3.05) is 0 Å². The Morgan fingerprint density at radius 2 is 1.57 bits per heavy atom. The topological polar surface area (TPSA) is 0 Å². The number of benzene rings is 1. The van der Waals surface area contributed by atoms with Crippen LogP contribution in [0.15, 0.2) is 47.0 Å². The first-order valence-electron chi connectivity index (χ1n) is 9.41. The van der Waals surface area contributed by atoms with E-state index in [-0.39, 0.29) is 0 Å². The molecule has 0 nitrogen and oxygen atoms in total. The molecular weight excluding hydrogens is 344 g/mol. The third kappa shape index (κ3) is 1.54. The van der Waals surface area contributed by atoms with E-state index in [1.165, 1.54) is 36.6 Å². The zero-order chi connectivity index (χ0) is 15.2. The average Bonchev–Trinajstić information content (AvgIpc) is 2.83. The minimum absolute atomic E-state index is 0.443. The van der Waals surface area contributed by atoms with Gasteiger partial charge in [-0.3, -0.25) is 0 Å². The van der Waals surface area contributed by atoms with Crippen LogP contribution < -0.4 is 0 Å². The van der Waals surface area contributed by atoms with Crippen LogP contribution in [0.25, 0.3) is 0 Å². The van der Waals surface area contributed by atoms with E-state index in [2.05, 4.69) is 58.4 Å². The van der Waals surface area contributed by atoms with E-state index in [1.54, 1.807) is 11.1 Å². The van der Waals surface area contributed by atoms with Gasteiger partial charge < -0.3 is 0 Å². The van der Waals surface area contributed by atoms with Crippen molar-refractivity contribution in [1.82, 2.24) is 0 Å². The summed E-state index contributed by atoms with van der Waals surface area (Å²) < 4.78 is 1.27. The van der Waals surface area contributed by atoms with Crippen LogP contribution >= 0.6 is 15.9 Å². The van der Waals surface area contributed by atoms with Crippen LogP contribution in [0.4, 0.5) is 0 Å². The molecule has 1 aromatic carbocycles. The van der Waals surface area contributed by atoms with Gasteiger partial charge in [-0.1, -0.05) is 46.3 Å². The van der Waals surface area contributed by atoms with Gasteiger partial charge in [-0.2, -0.15) is 0 Å². The molecule has 4 saturated carbocycles. The Hall–Kier alpha value is -0.820. The van der Waals surface area contributed by atoms with Crippen molar-refractivity contribution in [1.29, 1.82) is 0 Å². The summed E-state index contributed by atoms with van der Waals surface area (Å²) in [7, 11) is 0. The van der Waals surface area contributed by atoms with Crippen molar-refractivity contribution >= 4 is 15.9 Å². The fraction of sp³-hybridized carbons (Fsp3) is 0.545. The smallest absolute Gasteiger partial charge is 0.0178 e. The molecule has 0 saturated heterocycles. The summed E-state index contributed by atoms with van der Waals surface area (Å²) in [6, 6.07) is 7.18. The van der Waals surface area contributed by atoms with Crippen molar-refractivity contribution in [2.24, 2.45) is 29.6 Å². The lowest BCUT2D eigenvalue weighted by Crippen LogP contribution is -2.57. The summed E-state index contributed by atoms with van der Waals surface area (Å²) in [5, 5.41) is 0. The summed E-state index contributed by atoms with van der Waals surface area (Å²) in [6.45, 7) is 0. The molecule has 23 heavy (non-hydrogen) atoms. The van der Waals surface area contributed by atoms with Crippen molar-refractivity contribution in [3.05, 3.63) is 58.1 Å². The van der Waals surface area contributed by atoms with Crippen LogP contribution in [0.2, 0.25) is 0 Å². The molecular formula is C22H23Br. The molecule has 118 valence electrons. The molecule has 0 radical (unpaired) electrons. The maximum absolute atomic E-state index is 3.78.